The van der Waals surface area contributed by atoms with Crippen molar-refractivity contribution < 1.29 is 15.0 Å². The number of carboxylic acids is 1. The van der Waals surface area contributed by atoms with Crippen LogP contribution in [0.5, 0.6) is 5.75 Å². The highest BCUT2D eigenvalue weighted by Gasteiger charge is 2.26. The van der Waals surface area contributed by atoms with Gasteiger partial charge in [0.2, 0.25) is 0 Å². The fourth-order valence-corrected chi connectivity index (χ4v) is 1.80. The molecule has 4 heteroatoms. The lowest BCUT2D eigenvalue weighted by Gasteiger charge is -2.26. The summed E-state index contributed by atoms with van der Waals surface area (Å²) in [6.45, 7) is 12.0. The van der Waals surface area contributed by atoms with Gasteiger partial charge in [-0.15, -0.1) is 0 Å². The molecule has 102 valence electrons. The number of aromatic hydroxyl groups is 1. The van der Waals surface area contributed by atoms with Gasteiger partial charge >= 0.3 is 5.97 Å². The maximum Gasteiger partial charge on any atom is 0.339 e. The SMILES string of the molecule is CC(C)(C)c1cc(C(=O)O)c(O)c(C(C)(C)C)c1.[Mg]. The summed E-state index contributed by atoms with van der Waals surface area (Å²) in [7, 11) is 0. The molecule has 2 N–H and O–H groups in total. The molecule has 1 rings (SSSR count). The van der Waals surface area contributed by atoms with Gasteiger partial charge in [0, 0.05) is 28.6 Å². The number of carboxylic acid groups (broad SMARTS) is 1. The second kappa shape index (κ2) is 5.71. The Bertz CT molecular complexity index is 479. The van der Waals surface area contributed by atoms with Crippen molar-refractivity contribution >= 4 is 29.0 Å². The van der Waals surface area contributed by atoms with Crippen LogP contribution >= 0.6 is 0 Å². The van der Waals surface area contributed by atoms with Crippen molar-refractivity contribution in [1.29, 1.82) is 0 Å². The van der Waals surface area contributed by atoms with Gasteiger partial charge < -0.3 is 10.2 Å². The minimum Gasteiger partial charge on any atom is -0.507 e. The summed E-state index contributed by atoms with van der Waals surface area (Å²) in [5, 5.41) is 19.3. The fourth-order valence-electron chi connectivity index (χ4n) is 1.80. The molecule has 0 spiro atoms. The Hall–Kier alpha value is -0.744. The molecule has 3 nitrogen and oxygen atoms in total. The molecular formula is C15H22MgO3. The van der Waals surface area contributed by atoms with Crippen LogP contribution < -0.4 is 0 Å². The average Bonchev–Trinajstić information content (AvgIpc) is 2.13. The second-order valence-electron chi connectivity index (χ2n) is 6.73. The molecule has 0 aliphatic rings. The van der Waals surface area contributed by atoms with E-state index in [9.17, 15) is 15.0 Å². The van der Waals surface area contributed by atoms with Crippen molar-refractivity contribution in [3.05, 3.63) is 28.8 Å². The smallest absolute Gasteiger partial charge is 0.339 e. The number of phenols is 1. The number of rotatable bonds is 1. The Kier molecular flexibility index (Phi) is 5.49. The molecule has 0 aliphatic heterocycles. The Balaban J connectivity index is 0.00000324. The standard InChI is InChI=1S/C15H22O3.Mg/c1-14(2,3)9-7-10(13(17)18)12(16)11(8-9)15(4,5)6;/h7-8,16H,1-6H3,(H,17,18);. The van der Waals surface area contributed by atoms with E-state index >= 15 is 0 Å². The summed E-state index contributed by atoms with van der Waals surface area (Å²) in [6, 6.07) is 3.47. The van der Waals surface area contributed by atoms with E-state index in [1.165, 1.54) is 0 Å². The summed E-state index contributed by atoms with van der Waals surface area (Å²) in [5.74, 6) is -1.22. The van der Waals surface area contributed by atoms with Crippen molar-refractivity contribution in [2.45, 2.75) is 52.4 Å². The fraction of sp³-hybridized carbons (Fsp3) is 0.533. The lowest BCUT2D eigenvalue weighted by Crippen LogP contribution is -2.18. The molecule has 0 aliphatic carbocycles. The zero-order chi connectivity index (χ0) is 14.3. The zero-order valence-corrected chi connectivity index (χ0v) is 14.1. The van der Waals surface area contributed by atoms with Gasteiger partial charge in [0.05, 0.1) is 0 Å². The Morgan fingerprint density at radius 1 is 1.00 bits per heavy atom. The van der Waals surface area contributed by atoms with Crippen LogP contribution in [-0.4, -0.2) is 39.2 Å². The van der Waals surface area contributed by atoms with E-state index in [1.807, 2.05) is 47.6 Å². The first-order chi connectivity index (χ1) is 7.94. The van der Waals surface area contributed by atoms with Gasteiger partial charge in [0.25, 0.3) is 0 Å². The molecule has 0 atom stereocenters. The lowest BCUT2D eigenvalue weighted by molar-refractivity contribution is 0.0693. The van der Waals surface area contributed by atoms with Gasteiger partial charge in [-0.05, 0) is 22.5 Å². The van der Waals surface area contributed by atoms with Crippen molar-refractivity contribution in [2.75, 3.05) is 0 Å². The Labute approximate surface area is 131 Å². The zero-order valence-electron chi connectivity index (χ0n) is 12.7. The van der Waals surface area contributed by atoms with Crippen LogP contribution in [0.15, 0.2) is 12.1 Å². The molecule has 19 heavy (non-hydrogen) atoms. The van der Waals surface area contributed by atoms with E-state index in [0.29, 0.717) is 5.56 Å². The first-order valence-corrected chi connectivity index (χ1v) is 6.06. The summed E-state index contributed by atoms with van der Waals surface area (Å²) < 4.78 is 0. The molecule has 0 saturated heterocycles. The molecular weight excluding hydrogens is 252 g/mol. The maximum absolute atomic E-state index is 11.2. The third-order valence-electron chi connectivity index (χ3n) is 3.01. The van der Waals surface area contributed by atoms with E-state index in [2.05, 4.69) is 0 Å². The van der Waals surface area contributed by atoms with Crippen LogP contribution in [0.2, 0.25) is 0 Å². The van der Waals surface area contributed by atoms with Gasteiger partial charge in [-0.3, -0.25) is 0 Å². The molecule has 1 aromatic rings. The normalized spacial score (nSPS) is 11.9. The third-order valence-corrected chi connectivity index (χ3v) is 3.01. The van der Waals surface area contributed by atoms with Crippen molar-refractivity contribution in [1.82, 2.24) is 0 Å². The van der Waals surface area contributed by atoms with E-state index in [1.54, 1.807) is 6.07 Å². The van der Waals surface area contributed by atoms with Crippen molar-refractivity contribution in [3.63, 3.8) is 0 Å². The minimum atomic E-state index is -1.09. The van der Waals surface area contributed by atoms with E-state index in [4.69, 9.17) is 0 Å². The maximum atomic E-state index is 11.2. The molecule has 0 saturated carbocycles. The molecule has 0 amide bonds. The lowest BCUT2D eigenvalue weighted by atomic mass is 9.79. The van der Waals surface area contributed by atoms with E-state index in [-0.39, 0.29) is 45.2 Å². The van der Waals surface area contributed by atoms with Crippen LogP contribution in [0.25, 0.3) is 0 Å². The summed E-state index contributed by atoms with van der Waals surface area (Å²) >= 11 is 0. The van der Waals surface area contributed by atoms with Gasteiger partial charge in [-0.1, -0.05) is 47.6 Å². The van der Waals surface area contributed by atoms with Gasteiger partial charge in [-0.25, -0.2) is 4.79 Å². The van der Waals surface area contributed by atoms with Gasteiger partial charge in [0.15, 0.2) is 0 Å². The molecule has 1 aromatic carbocycles. The molecule has 0 aromatic heterocycles. The summed E-state index contributed by atoms with van der Waals surface area (Å²) in [5.41, 5.74) is 1.12. The quantitative estimate of drug-likeness (QED) is 0.773. The first kappa shape index (κ1) is 18.3. The molecule has 0 heterocycles. The first-order valence-electron chi connectivity index (χ1n) is 6.06. The highest BCUT2D eigenvalue weighted by Crippen LogP contribution is 2.37. The topological polar surface area (TPSA) is 57.5 Å². The molecule has 2 radical (unpaired) electrons. The van der Waals surface area contributed by atoms with E-state index < -0.39 is 5.97 Å². The number of benzene rings is 1. The highest BCUT2D eigenvalue weighted by molar-refractivity contribution is 5.91. The predicted octanol–water partition coefficient (Wildman–Crippen LogP) is 3.30. The largest absolute Gasteiger partial charge is 0.507 e. The van der Waals surface area contributed by atoms with Crippen molar-refractivity contribution in [3.8, 4) is 5.75 Å². The van der Waals surface area contributed by atoms with Crippen molar-refractivity contribution in [2.24, 2.45) is 0 Å². The molecule has 0 bridgehead atoms. The Morgan fingerprint density at radius 2 is 1.47 bits per heavy atom. The van der Waals surface area contributed by atoms with Crippen LogP contribution in [0.1, 0.15) is 63.0 Å². The second-order valence-corrected chi connectivity index (χ2v) is 6.73. The highest BCUT2D eigenvalue weighted by atomic mass is 24.3. The number of aromatic carboxylic acids is 1. The molecule has 0 fully saturated rings. The predicted molar refractivity (Wildman–Crippen MR) is 78.2 cm³/mol. The minimum absolute atomic E-state index is 0. The van der Waals surface area contributed by atoms with Crippen LogP contribution in [-0.2, 0) is 10.8 Å². The number of hydrogen-bond donors (Lipinski definition) is 2. The molecule has 0 unspecified atom stereocenters. The number of carbonyl (C=O) groups is 1. The monoisotopic (exact) mass is 274 g/mol. The summed E-state index contributed by atoms with van der Waals surface area (Å²) in [6.07, 6.45) is 0. The third kappa shape index (κ3) is 4.11. The average molecular weight is 275 g/mol. The summed E-state index contributed by atoms with van der Waals surface area (Å²) in [4.78, 5) is 11.2. The number of hydrogen-bond acceptors (Lipinski definition) is 2. The van der Waals surface area contributed by atoms with Crippen LogP contribution in [0.3, 0.4) is 0 Å². The Morgan fingerprint density at radius 3 is 1.79 bits per heavy atom. The van der Waals surface area contributed by atoms with Crippen LogP contribution in [0, 0.1) is 0 Å². The van der Waals surface area contributed by atoms with Gasteiger partial charge in [0.1, 0.15) is 11.3 Å². The van der Waals surface area contributed by atoms with E-state index in [0.717, 1.165) is 5.56 Å². The van der Waals surface area contributed by atoms with Gasteiger partial charge in [-0.2, -0.15) is 0 Å². The van der Waals surface area contributed by atoms with Crippen LogP contribution in [0.4, 0.5) is 0 Å².